The Kier molecular flexibility index (Phi) is 3.09. The van der Waals surface area contributed by atoms with Crippen molar-refractivity contribution in [3.05, 3.63) is 0 Å². The average molecular weight is 136 g/mol. The fourth-order valence-corrected chi connectivity index (χ4v) is 0.742. The molecule has 0 unspecified atom stereocenters. The Labute approximate surface area is 55.3 Å². The first kappa shape index (κ1) is 8.86. The summed E-state index contributed by atoms with van der Waals surface area (Å²) in [6.45, 7) is 5.13. The van der Waals surface area contributed by atoms with Crippen LogP contribution in [0.5, 0.6) is 0 Å². The lowest BCUT2D eigenvalue weighted by Crippen LogP contribution is -2.16. The average Bonchev–Trinajstić information content (AvgIpc) is 1.63. The summed E-state index contributed by atoms with van der Waals surface area (Å²) in [6, 6.07) is 0. The van der Waals surface area contributed by atoms with Crippen molar-refractivity contribution in [2.75, 3.05) is 0 Å². The molecule has 0 spiro atoms. The largest absolute Gasteiger partial charge is 0.248 e. The monoisotopic (exact) mass is 136 g/mol. The van der Waals surface area contributed by atoms with E-state index >= 15 is 0 Å². The molecule has 0 bridgehead atoms. The Hall–Kier alpha value is -0.140. The number of hydrogen-bond donors (Lipinski definition) is 0. The molecule has 0 fully saturated rings. The molecular weight excluding hydrogens is 122 g/mol. The van der Waals surface area contributed by atoms with Gasteiger partial charge in [0.15, 0.2) is 0 Å². The van der Waals surface area contributed by atoms with Gasteiger partial charge in [-0.1, -0.05) is 20.8 Å². The van der Waals surface area contributed by atoms with Gasteiger partial charge in [0.2, 0.25) is 5.92 Å². The van der Waals surface area contributed by atoms with Crippen molar-refractivity contribution in [3.8, 4) is 0 Å². The minimum atomic E-state index is -2.44. The van der Waals surface area contributed by atoms with E-state index in [1.807, 2.05) is 13.8 Å². The lowest BCUT2D eigenvalue weighted by Gasteiger charge is -2.15. The summed E-state index contributed by atoms with van der Waals surface area (Å²) in [5.41, 5.74) is 0. The van der Waals surface area contributed by atoms with Crippen LogP contribution in [0, 0.1) is 5.92 Å². The molecule has 0 amide bonds. The number of alkyl halides is 2. The van der Waals surface area contributed by atoms with Crippen LogP contribution >= 0.6 is 0 Å². The van der Waals surface area contributed by atoms with Crippen LogP contribution in [0.1, 0.15) is 33.6 Å². The molecule has 0 heterocycles. The first-order valence-electron chi connectivity index (χ1n) is 3.36. The van der Waals surface area contributed by atoms with Crippen LogP contribution in [0.2, 0.25) is 0 Å². The standard InChI is InChI=1S/C7H14F2/c1-4-7(8,9)5-6(2)3/h6H,4-5H2,1-3H3. The first-order valence-corrected chi connectivity index (χ1v) is 3.36. The Bertz CT molecular complexity index is 77.0. The van der Waals surface area contributed by atoms with Gasteiger partial charge >= 0.3 is 0 Å². The summed E-state index contributed by atoms with van der Waals surface area (Å²) in [6.07, 6.45) is -0.0192. The van der Waals surface area contributed by atoms with Crippen molar-refractivity contribution < 1.29 is 8.78 Å². The zero-order valence-corrected chi connectivity index (χ0v) is 6.25. The summed E-state index contributed by atoms with van der Waals surface area (Å²) in [7, 11) is 0. The molecule has 2 heteroatoms. The molecule has 0 aliphatic heterocycles. The van der Waals surface area contributed by atoms with E-state index in [4.69, 9.17) is 0 Å². The Morgan fingerprint density at radius 3 is 1.89 bits per heavy atom. The van der Waals surface area contributed by atoms with Gasteiger partial charge in [0, 0.05) is 12.8 Å². The fraction of sp³-hybridized carbons (Fsp3) is 1.00. The third-order valence-corrected chi connectivity index (χ3v) is 1.22. The third-order valence-electron chi connectivity index (χ3n) is 1.22. The molecule has 0 aromatic heterocycles. The smallest absolute Gasteiger partial charge is 0.207 e. The van der Waals surface area contributed by atoms with Gasteiger partial charge < -0.3 is 0 Å². The molecule has 56 valence electrons. The fourth-order valence-electron chi connectivity index (χ4n) is 0.742. The first-order chi connectivity index (χ1) is 3.98. The van der Waals surface area contributed by atoms with E-state index in [0.717, 1.165) is 0 Å². The van der Waals surface area contributed by atoms with E-state index < -0.39 is 5.92 Å². The predicted molar refractivity (Wildman–Crippen MR) is 34.7 cm³/mol. The van der Waals surface area contributed by atoms with Crippen LogP contribution < -0.4 is 0 Å². The van der Waals surface area contributed by atoms with Crippen molar-refractivity contribution >= 4 is 0 Å². The van der Waals surface area contributed by atoms with Crippen molar-refractivity contribution in [1.29, 1.82) is 0 Å². The van der Waals surface area contributed by atoms with Crippen LogP contribution in [0.25, 0.3) is 0 Å². The number of halogens is 2. The molecule has 0 atom stereocenters. The molecule has 0 N–H and O–H groups in total. The zero-order chi connectivity index (χ0) is 7.49. The Balaban J connectivity index is 3.58. The van der Waals surface area contributed by atoms with Gasteiger partial charge in [0.25, 0.3) is 0 Å². The van der Waals surface area contributed by atoms with E-state index in [9.17, 15) is 8.78 Å². The van der Waals surface area contributed by atoms with E-state index in [0.29, 0.717) is 0 Å². The summed E-state index contributed by atoms with van der Waals surface area (Å²) >= 11 is 0. The quantitative estimate of drug-likeness (QED) is 0.559. The van der Waals surface area contributed by atoms with Gasteiger partial charge in [-0.25, -0.2) is 8.78 Å². The number of rotatable bonds is 3. The summed E-state index contributed by atoms with van der Waals surface area (Å²) in [5.74, 6) is -2.34. The minimum absolute atomic E-state index is 0.0174. The predicted octanol–water partition coefficient (Wildman–Crippen LogP) is 3.08. The molecule has 0 aliphatic rings. The second kappa shape index (κ2) is 3.14. The van der Waals surface area contributed by atoms with Gasteiger partial charge in [-0.2, -0.15) is 0 Å². The van der Waals surface area contributed by atoms with Crippen molar-refractivity contribution in [3.63, 3.8) is 0 Å². The maximum Gasteiger partial charge on any atom is 0.248 e. The van der Waals surface area contributed by atoms with Crippen molar-refractivity contribution in [2.45, 2.75) is 39.5 Å². The van der Waals surface area contributed by atoms with Gasteiger partial charge in [-0.15, -0.1) is 0 Å². The minimum Gasteiger partial charge on any atom is -0.207 e. The highest BCUT2D eigenvalue weighted by Gasteiger charge is 2.26. The van der Waals surface area contributed by atoms with Crippen LogP contribution in [-0.2, 0) is 0 Å². The van der Waals surface area contributed by atoms with Crippen molar-refractivity contribution in [1.82, 2.24) is 0 Å². The number of hydrogen-bond acceptors (Lipinski definition) is 0. The second-order valence-corrected chi connectivity index (χ2v) is 2.81. The molecule has 0 radical (unpaired) electrons. The van der Waals surface area contributed by atoms with Gasteiger partial charge in [0.1, 0.15) is 0 Å². The SMILES string of the molecule is CCC(F)(F)CC(C)C. The molecular formula is C7H14F2. The molecule has 0 saturated heterocycles. The van der Waals surface area contributed by atoms with Crippen LogP contribution in [0.15, 0.2) is 0 Å². The van der Waals surface area contributed by atoms with E-state index in [-0.39, 0.29) is 18.8 Å². The molecule has 0 aliphatic carbocycles. The second-order valence-electron chi connectivity index (χ2n) is 2.81. The molecule has 0 saturated carbocycles. The highest BCUT2D eigenvalue weighted by atomic mass is 19.3. The van der Waals surface area contributed by atoms with Crippen LogP contribution in [0.4, 0.5) is 8.78 Å². The van der Waals surface area contributed by atoms with E-state index in [1.165, 1.54) is 6.92 Å². The summed E-state index contributed by atoms with van der Waals surface area (Å²) in [5, 5.41) is 0. The van der Waals surface area contributed by atoms with Crippen LogP contribution in [-0.4, -0.2) is 5.92 Å². The topological polar surface area (TPSA) is 0 Å². The van der Waals surface area contributed by atoms with E-state index in [1.54, 1.807) is 0 Å². The summed E-state index contributed by atoms with van der Waals surface area (Å²) in [4.78, 5) is 0. The molecule has 0 rings (SSSR count). The molecule has 0 aromatic carbocycles. The maximum absolute atomic E-state index is 12.4. The highest BCUT2D eigenvalue weighted by molar-refractivity contribution is 4.64. The Morgan fingerprint density at radius 2 is 1.78 bits per heavy atom. The summed E-state index contributed by atoms with van der Waals surface area (Å²) < 4.78 is 24.8. The third kappa shape index (κ3) is 4.37. The van der Waals surface area contributed by atoms with Crippen molar-refractivity contribution in [2.24, 2.45) is 5.92 Å². The van der Waals surface area contributed by atoms with E-state index in [2.05, 4.69) is 0 Å². The lowest BCUT2D eigenvalue weighted by molar-refractivity contribution is -0.0224. The van der Waals surface area contributed by atoms with Crippen LogP contribution in [0.3, 0.4) is 0 Å². The van der Waals surface area contributed by atoms with Gasteiger partial charge in [-0.05, 0) is 5.92 Å². The molecule has 9 heavy (non-hydrogen) atoms. The molecule has 0 nitrogen and oxygen atoms in total. The maximum atomic E-state index is 12.4. The normalized spacial score (nSPS) is 12.7. The van der Waals surface area contributed by atoms with Gasteiger partial charge in [0.05, 0.1) is 0 Å². The molecule has 0 aromatic rings. The highest BCUT2D eigenvalue weighted by Crippen LogP contribution is 2.25. The zero-order valence-electron chi connectivity index (χ0n) is 6.25. The lowest BCUT2D eigenvalue weighted by atomic mass is 10.0. The Morgan fingerprint density at radius 1 is 1.33 bits per heavy atom. The van der Waals surface area contributed by atoms with Gasteiger partial charge in [-0.3, -0.25) is 0 Å².